The van der Waals surface area contributed by atoms with Crippen LogP contribution in [-0.2, 0) is 0 Å². The molecule has 6 heteroatoms. The van der Waals surface area contributed by atoms with Crippen molar-refractivity contribution in [2.45, 2.75) is 19.8 Å². The summed E-state index contributed by atoms with van der Waals surface area (Å²) in [7, 11) is 0. The normalized spacial score (nSPS) is 15.4. The van der Waals surface area contributed by atoms with Gasteiger partial charge in [-0.3, -0.25) is 0 Å². The average Bonchev–Trinajstić information content (AvgIpc) is 3.22. The van der Waals surface area contributed by atoms with Crippen LogP contribution >= 0.6 is 0 Å². The van der Waals surface area contributed by atoms with Crippen molar-refractivity contribution >= 4 is 17.7 Å². The van der Waals surface area contributed by atoms with Gasteiger partial charge in [0.15, 0.2) is 0 Å². The second-order valence-electron chi connectivity index (χ2n) is 5.19. The first-order valence-electron chi connectivity index (χ1n) is 6.58. The fourth-order valence-electron chi connectivity index (χ4n) is 2.05. The molecule has 1 aromatic rings. The molecule has 0 radical (unpaired) electrons. The maximum Gasteiger partial charge on any atom is 0.339 e. The van der Waals surface area contributed by atoms with E-state index in [9.17, 15) is 14.7 Å². The predicted molar refractivity (Wildman–Crippen MR) is 74.0 cm³/mol. The van der Waals surface area contributed by atoms with Crippen molar-refractivity contribution in [2.75, 3.05) is 11.9 Å². The Morgan fingerprint density at radius 1 is 1.40 bits per heavy atom. The van der Waals surface area contributed by atoms with Crippen LogP contribution in [0, 0.1) is 11.8 Å². The molecular weight excluding hydrogens is 260 g/mol. The monoisotopic (exact) mass is 278 g/mol. The van der Waals surface area contributed by atoms with Crippen molar-refractivity contribution in [1.82, 2.24) is 5.32 Å². The highest BCUT2D eigenvalue weighted by molar-refractivity contribution is 5.95. The summed E-state index contributed by atoms with van der Waals surface area (Å²) in [5.74, 6) is -0.405. The van der Waals surface area contributed by atoms with E-state index in [2.05, 4.69) is 17.6 Å². The third kappa shape index (κ3) is 3.63. The lowest BCUT2D eigenvalue weighted by atomic mass is 10.1. The largest absolute Gasteiger partial charge is 0.507 e. The highest BCUT2D eigenvalue weighted by atomic mass is 16.4. The lowest BCUT2D eigenvalue weighted by Gasteiger charge is -2.12. The maximum absolute atomic E-state index is 11.7. The van der Waals surface area contributed by atoms with Gasteiger partial charge >= 0.3 is 12.0 Å². The van der Waals surface area contributed by atoms with Crippen LogP contribution in [0.5, 0.6) is 5.75 Å². The number of carbonyl (C=O) groups excluding carboxylic acids is 1. The van der Waals surface area contributed by atoms with Gasteiger partial charge in [-0.25, -0.2) is 9.59 Å². The van der Waals surface area contributed by atoms with Crippen LogP contribution in [0.15, 0.2) is 18.2 Å². The summed E-state index contributed by atoms with van der Waals surface area (Å²) in [5.41, 5.74) is 0.0888. The van der Waals surface area contributed by atoms with Crippen LogP contribution < -0.4 is 10.6 Å². The van der Waals surface area contributed by atoms with Crippen LogP contribution in [0.2, 0.25) is 0 Å². The lowest BCUT2D eigenvalue weighted by Crippen LogP contribution is -2.32. The SMILES string of the molecule is CC(CNC(=O)Nc1ccc(O)c(C(=O)O)c1)C1CC1. The topological polar surface area (TPSA) is 98.7 Å². The van der Waals surface area contributed by atoms with E-state index in [4.69, 9.17) is 5.11 Å². The summed E-state index contributed by atoms with van der Waals surface area (Å²) in [6.45, 7) is 2.70. The van der Waals surface area contributed by atoms with Gasteiger partial charge in [0, 0.05) is 12.2 Å². The third-order valence-corrected chi connectivity index (χ3v) is 3.50. The first-order chi connectivity index (χ1) is 9.47. The number of carboxylic acids is 1. The minimum absolute atomic E-state index is 0.242. The average molecular weight is 278 g/mol. The molecule has 1 fully saturated rings. The number of carboxylic acid groups (broad SMARTS) is 1. The van der Waals surface area contributed by atoms with Gasteiger partial charge in [-0.15, -0.1) is 0 Å². The van der Waals surface area contributed by atoms with Gasteiger partial charge in [-0.2, -0.15) is 0 Å². The number of anilines is 1. The van der Waals surface area contributed by atoms with Crippen molar-refractivity contribution in [3.63, 3.8) is 0 Å². The first kappa shape index (κ1) is 14.2. The second kappa shape index (κ2) is 5.81. The number of hydrogen-bond donors (Lipinski definition) is 4. The summed E-state index contributed by atoms with van der Waals surface area (Å²) in [5, 5.41) is 23.6. The number of phenols is 1. The van der Waals surface area contributed by atoms with Crippen molar-refractivity contribution < 1.29 is 19.8 Å². The number of nitrogens with one attached hydrogen (secondary N) is 2. The molecule has 1 unspecified atom stereocenters. The van der Waals surface area contributed by atoms with Crippen LogP contribution in [0.3, 0.4) is 0 Å². The summed E-state index contributed by atoms with van der Waals surface area (Å²) in [6.07, 6.45) is 2.45. The van der Waals surface area contributed by atoms with E-state index in [1.54, 1.807) is 0 Å². The molecule has 0 heterocycles. The molecule has 1 atom stereocenters. The van der Waals surface area contributed by atoms with E-state index in [-0.39, 0.29) is 17.3 Å². The van der Waals surface area contributed by atoms with Crippen LogP contribution in [0.25, 0.3) is 0 Å². The Kier molecular flexibility index (Phi) is 4.12. The Balaban J connectivity index is 1.90. The van der Waals surface area contributed by atoms with E-state index in [1.807, 2.05) is 0 Å². The molecule has 6 nitrogen and oxygen atoms in total. The maximum atomic E-state index is 11.7. The van der Waals surface area contributed by atoms with E-state index in [0.29, 0.717) is 24.1 Å². The van der Waals surface area contributed by atoms with Crippen molar-refractivity contribution in [3.05, 3.63) is 23.8 Å². The van der Waals surface area contributed by atoms with E-state index >= 15 is 0 Å². The van der Waals surface area contributed by atoms with Crippen molar-refractivity contribution in [2.24, 2.45) is 11.8 Å². The molecular formula is C14H18N2O4. The molecule has 4 N–H and O–H groups in total. The zero-order valence-corrected chi connectivity index (χ0v) is 11.2. The van der Waals surface area contributed by atoms with Crippen molar-refractivity contribution in [1.29, 1.82) is 0 Å². The van der Waals surface area contributed by atoms with Crippen molar-refractivity contribution in [3.8, 4) is 5.75 Å². The Labute approximate surface area is 116 Å². The lowest BCUT2D eigenvalue weighted by molar-refractivity contribution is 0.0693. The molecule has 0 aliphatic heterocycles. The zero-order valence-electron chi connectivity index (χ0n) is 11.2. The Morgan fingerprint density at radius 2 is 2.10 bits per heavy atom. The summed E-state index contributed by atoms with van der Waals surface area (Å²) in [4.78, 5) is 22.6. The molecule has 2 amide bonds. The summed E-state index contributed by atoms with van der Waals surface area (Å²) >= 11 is 0. The number of urea groups is 1. The zero-order chi connectivity index (χ0) is 14.7. The van der Waals surface area contributed by atoms with Gasteiger partial charge in [0.25, 0.3) is 0 Å². The standard InChI is InChI=1S/C14H18N2O4/c1-8(9-2-3-9)7-15-14(20)16-10-4-5-12(17)11(6-10)13(18)19/h4-6,8-9,17H,2-3,7H2,1H3,(H,18,19)(H2,15,16,20). The predicted octanol–water partition coefficient (Wildman–Crippen LogP) is 2.26. The van der Waals surface area contributed by atoms with Crippen LogP contribution in [-0.4, -0.2) is 28.8 Å². The quantitative estimate of drug-likeness (QED) is 0.621. The fourth-order valence-corrected chi connectivity index (χ4v) is 2.05. The number of carbonyl (C=O) groups is 2. The second-order valence-corrected chi connectivity index (χ2v) is 5.19. The van der Waals surface area contributed by atoms with E-state index < -0.39 is 5.97 Å². The number of aromatic hydroxyl groups is 1. The van der Waals surface area contributed by atoms with Gasteiger partial charge in [-0.05, 0) is 42.9 Å². The minimum atomic E-state index is -1.24. The fraction of sp³-hybridized carbons (Fsp3) is 0.429. The van der Waals surface area contributed by atoms with Gasteiger partial charge in [0.05, 0.1) is 0 Å². The van der Waals surface area contributed by atoms with Crippen LogP contribution in [0.1, 0.15) is 30.1 Å². The molecule has 1 aliphatic carbocycles. The number of hydrogen-bond acceptors (Lipinski definition) is 3. The molecule has 0 saturated heterocycles. The molecule has 0 spiro atoms. The number of aromatic carboxylic acids is 1. The van der Waals surface area contributed by atoms with Gasteiger partial charge in [0.1, 0.15) is 11.3 Å². The molecule has 0 bridgehead atoms. The number of amides is 2. The molecule has 1 aliphatic rings. The minimum Gasteiger partial charge on any atom is -0.507 e. The first-order valence-corrected chi connectivity index (χ1v) is 6.58. The van der Waals surface area contributed by atoms with Gasteiger partial charge in [-0.1, -0.05) is 6.92 Å². The molecule has 2 rings (SSSR count). The number of rotatable bonds is 5. The smallest absolute Gasteiger partial charge is 0.339 e. The Bertz CT molecular complexity index is 526. The molecule has 0 aromatic heterocycles. The number of benzene rings is 1. The van der Waals surface area contributed by atoms with E-state index in [1.165, 1.54) is 31.0 Å². The highest BCUT2D eigenvalue weighted by Crippen LogP contribution is 2.36. The van der Waals surface area contributed by atoms with Gasteiger partial charge in [0.2, 0.25) is 0 Å². The molecule has 108 valence electrons. The Hall–Kier alpha value is -2.24. The molecule has 1 aromatic carbocycles. The highest BCUT2D eigenvalue weighted by Gasteiger charge is 2.27. The third-order valence-electron chi connectivity index (χ3n) is 3.50. The molecule has 20 heavy (non-hydrogen) atoms. The summed E-state index contributed by atoms with van der Waals surface area (Å²) in [6, 6.07) is 3.54. The van der Waals surface area contributed by atoms with Crippen LogP contribution in [0.4, 0.5) is 10.5 Å². The molecule has 1 saturated carbocycles. The summed E-state index contributed by atoms with van der Waals surface area (Å²) < 4.78 is 0. The van der Waals surface area contributed by atoms with E-state index in [0.717, 1.165) is 0 Å². The van der Waals surface area contributed by atoms with Gasteiger partial charge < -0.3 is 20.8 Å². The Morgan fingerprint density at radius 3 is 2.70 bits per heavy atom.